The zero-order valence-electron chi connectivity index (χ0n) is 10.2. The summed E-state index contributed by atoms with van der Waals surface area (Å²) >= 11 is 0. The van der Waals surface area contributed by atoms with Crippen LogP contribution in [0.25, 0.3) is 5.57 Å². The van der Waals surface area contributed by atoms with Crippen molar-refractivity contribution in [1.29, 1.82) is 0 Å². The molecule has 0 saturated heterocycles. The second-order valence-electron chi connectivity index (χ2n) is 4.20. The van der Waals surface area contributed by atoms with Crippen molar-refractivity contribution in [3.63, 3.8) is 0 Å². The molecule has 1 aliphatic rings. The predicted molar refractivity (Wildman–Crippen MR) is 65.4 cm³/mol. The molecule has 2 rings (SSSR count). The van der Waals surface area contributed by atoms with Gasteiger partial charge in [-0.1, -0.05) is 6.08 Å². The number of nitrogens with zero attached hydrogens (tertiary/aromatic N) is 2. The molecule has 92 valence electrons. The zero-order valence-corrected chi connectivity index (χ0v) is 10.2. The molecule has 1 aromatic rings. The Labute approximate surface area is 100 Å². The first-order valence-electron chi connectivity index (χ1n) is 5.75. The van der Waals surface area contributed by atoms with Crippen LogP contribution in [0.15, 0.2) is 6.08 Å². The molecule has 0 aliphatic heterocycles. The molecule has 0 spiro atoms. The van der Waals surface area contributed by atoms with Crippen LogP contribution < -0.4 is 5.73 Å². The summed E-state index contributed by atoms with van der Waals surface area (Å²) in [6.07, 6.45) is 6.54. The lowest BCUT2D eigenvalue weighted by Gasteiger charge is -2.10. The van der Waals surface area contributed by atoms with Crippen LogP contribution in [-0.4, -0.2) is 22.9 Å². The summed E-state index contributed by atoms with van der Waals surface area (Å²) in [5.41, 5.74) is 8.61. The SMILES string of the molecule is COC(=O)c1c(N)c(C2=CCCCC2)nn1C. The third-order valence-electron chi connectivity index (χ3n) is 3.06. The summed E-state index contributed by atoms with van der Waals surface area (Å²) in [5, 5.41) is 4.33. The third-order valence-corrected chi connectivity index (χ3v) is 3.06. The van der Waals surface area contributed by atoms with E-state index in [1.807, 2.05) is 0 Å². The molecule has 1 heterocycles. The van der Waals surface area contributed by atoms with E-state index < -0.39 is 5.97 Å². The van der Waals surface area contributed by atoms with Gasteiger partial charge in [0.05, 0.1) is 12.8 Å². The first kappa shape index (κ1) is 11.7. The number of hydrogen-bond donors (Lipinski definition) is 1. The Morgan fingerprint density at radius 2 is 2.29 bits per heavy atom. The van der Waals surface area contributed by atoms with Crippen LogP contribution >= 0.6 is 0 Å². The summed E-state index contributed by atoms with van der Waals surface area (Å²) in [7, 11) is 3.05. The maximum absolute atomic E-state index is 11.6. The number of rotatable bonds is 2. The Hall–Kier alpha value is -1.78. The van der Waals surface area contributed by atoms with Crippen LogP contribution in [0, 0.1) is 0 Å². The monoisotopic (exact) mass is 235 g/mol. The highest BCUT2D eigenvalue weighted by Crippen LogP contribution is 2.31. The van der Waals surface area contributed by atoms with E-state index >= 15 is 0 Å². The molecule has 5 heteroatoms. The van der Waals surface area contributed by atoms with E-state index in [1.54, 1.807) is 7.05 Å². The number of esters is 1. The smallest absolute Gasteiger partial charge is 0.358 e. The number of nitrogen functional groups attached to an aromatic ring is 1. The van der Waals surface area contributed by atoms with E-state index in [1.165, 1.54) is 18.2 Å². The number of methoxy groups -OCH3 is 1. The van der Waals surface area contributed by atoms with Gasteiger partial charge in [0.15, 0.2) is 5.69 Å². The van der Waals surface area contributed by atoms with Gasteiger partial charge in [-0.25, -0.2) is 4.79 Å². The van der Waals surface area contributed by atoms with Gasteiger partial charge >= 0.3 is 5.97 Å². The number of hydrogen-bond acceptors (Lipinski definition) is 4. The van der Waals surface area contributed by atoms with Crippen LogP contribution in [0.1, 0.15) is 41.9 Å². The fourth-order valence-corrected chi connectivity index (χ4v) is 2.17. The molecule has 2 N–H and O–H groups in total. The summed E-state index contributed by atoms with van der Waals surface area (Å²) in [6, 6.07) is 0. The average Bonchev–Trinajstić information content (AvgIpc) is 2.65. The molecule has 1 aliphatic carbocycles. The van der Waals surface area contributed by atoms with Gasteiger partial charge in [-0.15, -0.1) is 0 Å². The number of aryl methyl sites for hydroxylation is 1. The molecule has 0 saturated carbocycles. The third kappa shape index (κ3) is 2.05. The van der Waals surface area contributed by atoms with Crippen molar-refractivity contribution < 1.29 is 9.53 Å². The van der Waals surface area contributed by atoms with Crippen LogP contribution in [0.4, 0.5) is 5.69 Å². The minimum Gasteiger partial charge on any atom is -0.464 e. The summed E-state index contributed by atoms with van der Waals surface area (Å²) in [4.78, 5) is 11.6. The highest BCUT2D eigenvalue weighted by Gasteiger charge is 2.22. The molecule has 0 fully saturated rings. The van der Waals surface area contributed by atoms with Crippen LogP contribution in [0.2, 0.25) is 0 Å². The van der Waals surface area contributed by atoms with Crippen LogP contribution in [0.3, 0.4) is 0 Å². The molecule has 0 aromatic carbocycles. The Morgan fingerprint density at radius 1 is 1.53 bits per heavy atom. The van der Waals surface area contributed by atoms with E-state index in [4.69, 9.17) is 10.5 Å². The number of anilines is 1. The molecule has 0 bridgehead atoms. The molecular weight excluding hydrogens is 218 g/mol. The number of ether oxygens (including phenoxy) is 1. The molecule has 0 amide bonds. The van der Waals surface area contributed by atoms with E-state index in [9.17, 15) is 4.79 Å². The van der Waals surface area contributed by atoms with E-state index in [-0.39, 0.29) is 0 Å². The predicted octanol–water partition coefficient (Wildman–Crippen LogP) is 1.75. The molecule has 17 heavy (non-hydrogen) atoms. The standard InChI is InChI=1S/C12H17N3O2/c1-15-11(12(16)17-2)9(13)10(14-15)8-6-4-3-5-7-8/h6H,3-5,7,13H2,1-2H3. The van der Waals surface area contributed by atoms with Crippen molar-refractivity contribution >= 4 is 17.2 Å². The maximum Gasteiger partial charge on any atom is 0.358 e. The fraction of sp³-hybridized carbons (Fsp3) is 0.500. The van der Waals surface area contributed by atoms with Crippen LogP contribution in [-0.2, 0) is 11.8 Å². The Kier molecular flexibility index (Phi) is 3.17. The zero-order chi connectivity index (χ0) is 12.4. The quantitative estimate of drug-likeness (QED) is 0.793. The van der Waals surface area contributed by atoms with Gasteiger partial charge < -0.3 is 10.5 Å². The van der Waals surface area contributed by atoms with Gasteiger partial charge in [-0.05, 0) is 31.3 Å². The number of nitrogens with two attached hydrogens (primary N) is 1. The summed E-state index contributed by atoms with van der Waals surface area (Å²) < 4.78 is 6.19. The van der Waals surface area contributed by atoms with Gasteiger partial charge in [-0.3, -0.25) is 4.68 Å². The number of carbonyl (C=O) groups excluding carboxylic acids is 1. The fourth-order valence-electron chi connectivity index (χ4n) is 2.17. The lowest BCUT2D eigenvalue weighted by atomic mass is 9.96. The Bertz CT molecular complexity index is 474. The van der Waals surface area contributed by atoms with Gasteiger partial charge in [0.25, 0.3) is 0 Å². The minimum absolute atomic E-state index is 0.328. The van der Waals surface area contributed by atoms with Crippen molar-refractivity contribution in [2.45, 2.75) is 25.7 Å². The van der Waals surface area contributed by atoms with E-state index in [0.29, 0.717) is 11.4 Å². The highest BCUT2D eigenvalue weighted by molar-refractivity contribution is 5.96. The van der Waals surface area contributed by atoms with Crippen molar-refractivity contribution in [1.82, 2.24) is 9.78 Å². The lowest BCUT2D eigenvalue weighted by Crippen LogP contribution is -2.10. The topological polar surface area (TPSA) is 70.1 Å². The molecule has 0 radical (unpaired) electrons. The van der Waals surface area contributed by atoms with Crippen molar-refractivity contribution in [3.05, 3.63) is 17.5 Å². The number of allylic oxidation sites excluding steroid dienone is 2. The Morgan fingerprint density at radius 3 is 2.88 bits per heavy atom. The van der Waals surface area contributed by atoms with Crippen molar-refractivity contribution in [3.8, 4) is 0 Å². The molecule has 5 nitrogen and oxygen atoms in total. The molecule has 1 aromatic heterocycles. The number of carbonyl (C=O) groups is 1. The van der Waals surface area contributed by atoms with Crippen molar-refractivity contribution in [2.24, 2.45) is 7.05 Å². The summed E-state index contributed by atoms with van der Waals surface area (Å²) in [6.45, 7) is 0. The van der Waals surface area contributed by atoms with E-state index in [0.717, 1.165) is 30.5 Å². The normalized spacial score (nSPS) is 15.5. The van der Waals surface area contributed by atoms with Gasteiger partial charge in [-0.2, -0.15) is 5.10 Å². The number of aromatic nitrogens is 2. The minimum atomic E-state index is -0.444. The van der Waals surface area contributed by atoms with Gasteiger partial charge in [0, 0.05) is 7.05 Å². The Balaban J connectivity index is 2.43. The average molecular weight is 235 g/mol. The highest BCUT2D eigenvalue weighted by atomic mass is 16.5. The largest absolute Gasteiger partial charge is 0.464 e. The first-order valence-corrected chi connectivity index (χ1v) is 5.75. The first-order chi connectivity index (χ1) is 8.15. The van der Waals surface area contributed by atoms with Crippen molar-refractivity contribution in [2.75, 3.05) is 12.8 Å². The molecule has 0 unspecified atom stereocenters. The van der Waals surface area contributed by atoms with Gasteiger partial charge in [0.1, 0.15) is 5.69 Å². The second kappa shape index (κ2) is 4.61. The summed E-state index contributed by atoms with van der Waals surface area (Å²) in [5.74, 6) is -0.444. The van der Waals surface area contributed by atoms with E-state index in [2.05, 4.69) is 11.2 Å². The van der Waals surface area contributed by atoms with Crippen LogP contribution in [0.5, 0.6) is 0 Å². The van der Waals surface area contributed by atoms with Gasteiger partial charge in [0.2, 0.25) is 0 Å². The maximum atomic E-state index is 11.6. The second-order valence-corrected chi connectivity index (χ2v) is 4.20. The lowest BCUT2D eigenvalue weighted by molar-refractivity contribution is 0.0589. The molecule has 0 atom stereocenters. The molecular formula is C12H17N3O2.